The number of anilines is 2. The van der Waals surface area contributed by atoms with Gasteiger partial charge in [-0.2, -0.15) is 15.0 Å². The van der Waals surface area contributed by atoms with Gasteiger partial charge in [0.05, 0.1) is 6.04 Å². The number of aromatic nitrogens is 3. The van der Waals surface area contributed by atoms with Gasteiger partial charge < -0.3 is 10.6 Å². The van der Waals surface area contributed by atoms with Crippen LogP contribution in [-0.2, 0) is 0 Å². The first-order valence-electron chi connectivity index (χ1n) is 6.26. The van der Waals surface area contributed by atoms with Crippen LogP contribution in [0.1, 0.15) is 25.5 Å². The molecule has 0 saturated carbocycles. The summed E-state index contributed by atoms with van der Waals surface area (Å²) < 4.78 is 12.9. The zero-order valence-electron chi connectivity index (χ0n) is 11.2. The molecule has 0 amide bonds. The normalized spacial score (nSPS) is 12.0. The van der Waals surface area contributed by atoms with Crippen LogP contribution in [0.15, 0.2) is 24.3 Å². The first kappa shape index (κ1) is 14.5. The van der Waals surface area contributed by atoms with E-state index in [9.17, 15) is 4.39 Å². The van der Waals surface area contributed by atoms with Crippen LogP contribution < -0.4 is 10.6 Å². The second-order valence-corrected chi connectivity index (χ2v) is 4.54. The van der Waals surface area contributed by atoms with Gasteiger partial charge in [-0.25, -0.2) is 4.39 Å². The Kier molecular flexibility index (Phi) is 4.68. The summed E-state index contributed by atoms with van der Waals surface area (Å²) in [6.07, 6.45) is 0. The molecule has 1 atom stereocenters. The maximum atomic E-state index is 12.9. The Morgan fingerprint density at radius 3 is 2.45 bits per heavy atom. The van der Waals surface area contributed by atoms with Gasteiger partial charge >= 0.3 is 0 Å². The van der Waals surface area contributed by atoms with Gasteiger partial charge in [0.25, 0.3) is 0 Å². The van der Waals surface area contributed by atoms with Gasteiger partial charge in [0, 0.05) is 6.54 Å². The van der Waals surface area contributed by atoms with E-state index in [1.54, 1.807) is 12.1 Å². The quantitative estimate of drug-likeness (QED) is 0.886. The third-order valence-corrected chi connectivity index (χ3v) is 2.83. The highest BCUT2D eigenvalue weighted by Gasteiger charge is 2.09. The van der Waals surface area contributed by atoms with Crippen molar-refractivity contribution in [3.05, 3.63) is 40.9 Å². The lowest BCUT2D eigenvalue weighted by atomic mass is 10.1. The smallest absolute Gasteiger partial charge is 0.229 e. The Morgan fingerprint density at radius 1 is 1.15 bits per heavy atom. The van der Waals surface area contributed by atoms with Crippen LogP contribution in [0.3, 0.4) is 0 Å². The van der Waals surface area contributed by atoms with Gasteiger partial charge in [-0.1, -0.05) is 12.1 Å². The number of hydrogen-bond acceptors (Lipinski definition) is 5. The Balaban J connectivity index is 2.14. The van der Waals surface area contributed by atoms with Crippen LogP contribution in [-0.4, -0.2) is 21.5 Å². The molecule has 0 spiro atoms. The number of halogens is 2. The second kappa shape index (κ2) is 6.47. The maximum absolute atomic E-state index is 12.9. The molecule has 106 valence electrons. The van der Waals surface area contributed by atoms with Crippen LogP contribution >= 0.6 is 11.6 Å². The van der Waals surface area contributed by atoms with E-state index in [2.05, 4.69) is 25.6 Å². The molecule has 0 fully saturated rings. The summed E-state index contributed by atoms with van der Waals surface area (Å²) in [6.45, 7) is 4.55. The Hall–Kier alpha value is -1.95. The van der Waals surface area contributed by atoms with E-state index in [-0.39, 0.29) is 17.1 Å². The van der Waals surface area contributed by atoms with Gasteiger partial charge in [-0.3, -0.25) is 0 Å². The van der Waals surface area contributed by atoms with Crippen LogP contribution in [0.4, 0.5) is 16.3 Å². The summed E-state index contributed by atoms with van der Waals surface area (Å²) in [5.74, 6) is 0.526. The summed E-state index contributed by atoms with van der Waals surface area (Å²) in [5.41, 5.74) is 0.924. The van der Waals surface area contributed by atoms with Gasteiger partial charge in [0.2, 0.25) is 17.2 Å². The van der Waals surface area contributed by atoms with Gasteiger partial charge in [-0.15, -0.1) is 0 Å². The van der Waals surface area contributed by atoms with E-state index in [0.29, 0.717) is 18.4 Å². The lowest BCUT2D eigenvalue weighted by molar-refractivity contribution is 0.626. The molecule has 0 aliphatic heterocycles. The number of hydrogen-bond donors (Lipinski definition) is 2. The summed E-state index contributed by atoms with van der Waals surface area (Å²) in [5, 5.41) is 6.20. The van der Waals surface area contributed by atoms with E-state index >= 15 is 0 Å². The topological polar surface area (TPSA) is 62.7 Å². The summed E-state index contributed by atoms with van der Waals surface area (Å²) in [7, 11) is 0. The number of rotatable bonds is 5. The molecule has 0 bridgehead atoms. The van der Waals surface area contributed by atoms with Crippen LogP contribution in [0.5, 0.6) is 0 Å². The van der Waals surface area contributed by atoms with E-state index in [0.717, 1.165) is 5.56 Å². The summed E-state index contributed by atoms with van der Waals surface area (Å²) in [6, 6.07) is 6.17. The van der Waals surface area contributed by atoms with E-state index < -0.39 is 0 Å². The van der Waals surface area contributed by atoms with Crippen molar-refractivity contribution in [1.29, 1.82) is 0 Å². The molecule has 1 aromatic heterocycles. The maximum Gasteiger partial charge on any atom is 0.229 e. The average molecular weight is 296 g/mol. The summed E-state index contributed by atoms with van der Waals surface area (Å²) in [4.78, 5) is 12.2. The van der Waals surface area contributed by atoms with Gasteiger partial charge in [0.15, 0.2) is 0 Å². The zero-order chi connectivity index (χ0) is 14.5. The molecule has 2 rings (SSSR count). The molecule has 5 nitrogen and oxygen atoms in total. The minimum absolute atomic E-state index is 0.0801. The average Bonchev–Trinajstić information content (AvgIpc) is 2.39. The fourth-order valence-corrected chi connectivity index (χ4v) is 1.84. The van der Waals surface area contributed by atoms with Gasteiger partial charge in [-0.05, 0) is 43.1 Å². The first-order valence-corrected chi connectivity index (χ1v) is 6.63. The number of nitrogens with zero attached hydrogens (tertiary/aromatic N) is 3. The van der Waals surface area contributed by atoms with Crippen molar-refractivity contribution in [3.8, 4) is 0 Å². The third kappa shape index (κ3) is 3.77. The van der Waals surface area contributed by atoms with Crippen molar-refractivity contribution < 1.29 is 4.39 Å². The van der Waals surface area contributed by atoms with Gasteiger partial charge in [0.1, 0.15) is 5.82 Å². The molecule has 1 heterocycles. The van der Waals surface area contributed by atoms with E-state index in [1.807, 2.05) is 13.8 Å². The van der Waals surface area contributed by atoms with E-state index in [4.69, 9.17) is 11.6 Å². The van der Waals surface area contributed by atoms with Crippen molar-refractivity contribution in [3.63, 3.8) is 0 Å². The zero-order valence-corrected chi connectivity index (χ0v) is 11.9. The largest absolute Gasteiger partial charge is 0.354 e. The molecule has 0 aliphatic carbocycles. The van der Waals surface area contributed by atoms with Crippen molar-refractivity contribution in [2.75, 3.05) is 17.2 Å². The molecule has 2 N–H and O–H groups in total. The lowest BCUT2D eigenvalue weighted by Gasteiger charge is -2.14. The molecule has 1 unspecified atom stereocenters. The Bertz CT molecular complexity index is 575. The first-order chi connectivity index (χ1) is 9.58. The molecule has 1 aromatic carbocycles. The van der Waals surface area contributed by atoms with E-state index in [1.165, 1.54) is 12.1 Å². The molecule has 20 heavy (non-hydrogen) atoms. The molecular formula is C13H15ClFN5. The highest BCUT2D eigenvalue weighted by Crippen LogP contribution is 2.18. The molecule has 2 aromatic rings. The molecule has 0 radical (unpaired) electrons. The van der Waals surface area contributed by atoms with Crippen LogP contribution in [0.25, 0.3) is 0 Å². The molecule has 0 aliphatic rings. The molecule has 7 heteroatoms. The SMILES string of the molecule is CCNc1nc(Cl)nc(NC(C)c2ccc(F)cc2)n1. The minimum Gasteiger partial charge on any atom is -0.354 e. The Morgan fingerprint density at radius 2 is 1.80 bits per heavy atom. The monoisotopic (exact) mass is 295 g/mol. The fraction of sp³-hybridized carbons (Fsp3) is 0.308. The highest BCUT2D eigenvalue weighted by molar-refractivity contribution is 6.28. The molecular weight excluding hydrogens is 281 g/mol. The predicted octanol–water partition coefficient (Wildman–Crippen LogP) is 3.27. The second-order valence-electron chi connectivity index (χ2n) is 4.20. The van der Waals surface area contributed by atoms with Crippen molar-refractivity contribution in [1.82, 2.24) is 15.0 Å². The Labute approximate surface area is 121 Å². The van der Waals surface area contributed by atoms with Crippen molar-refractivity contribution >= 4 is 23.5 Å². The summed E-state index contributed by atoms with van der Waals surface area (Å²) >= 11 is 5.84. The third-order valence-electron chi connectivity index (χ3n) is 2.66. The van der Waals surface area contributed by atoms with Crippen LogP contribution in [0, 0.1) is 5.82 Å². The minimum atomic E-state index is -0.265. The number of nitrogens with one attached hydrogen (secondary N) is 2. The highest BCUT2D eigenvalue weighted by atomic mass is 35.5. The van der Waals surface area contributed by atoms with Crippen molar-refractivity contribution in [2.24, 2.45) is 0 Å². The molecule has 0 saturated heterocycles. The van der Waals surface area contributed by atoms with Crippen LogP contribution in [0.2, 0.25) is 5.28 Å². The predicted molar refractivity (Wildman–Crippen MR) is 77.4 cm³/mol. The van der Waals surface area contributed by atoms with Crippen molar-refractivity contribution in [2.45, 2.75) is 19.9 Å². The lowest BCUT2D eigenvalue weighted by Crippen LogP contribution is -2.12. The number of benzene rings is 1. The standard InChI is InChI=1S/C13H15ClFN5/c1-3-16-12-18-11(14)19-13(20-12)17-8(2)9-4-6-10(15)7-5-9/h4-8H,3H2,1-2H3,(H2,16,17,18,19,20). The fourth-order valence-electron chi connectivity index (χ4n) is 1.68.